The Balaban J connectivity index is 1.48. The van der Waals surface area contributed by atoms with Gasteiger partial charge in [-0.25, -0.2) is 8.78 Å². The Labute approximate surface area is 237 Å². The summed E-state index contributed by atoms with van der Waals surface area (Å²) in [7, 11) is 0. The number of nitrogens with zero attached hydrogens (tertiary/aromatic N) is 1. The summed E-state index contributed by atoms with van der Waals surface area (Å²) >= 11 is 0. The number of aliphatic hydroxyl groups excluding tert-OH is 2. The number of aliphatic hydroxyl groups is 3. The van der Waals surface area contributed by atoms with Crippen molar-refractivity contribution in [2.75, 3.05) is 0 Å². The molecule has 4 aliphatic rings. The standard InChI is InChI=1S/C29H29F2N3O8/c1-10(2)16-7-18(42-34-16)13-3-4-17(35)20-14(13)5-11-6-15-22(33-12-8-28(30,31)9-12)24(37)21(27(32)40)26(39)29(15,41)25(38)19(11)23(20)36/h3-4,7,10-12,15,22,33,35-36,39,41H,5-6,8-9H2,1-2H3,(H2,32,40). The van der Waals surface area contributed by atoms with Crippen LogP contribution >= 0.6 is 0 Å². The number of hydrogen-bond donors (Lipinski definition) is 6. The van der Waals surface area contributed by atoms with E-state index in [2.05, 4.69) is 10.5 Å². The van der Waals surface area contributed by atoms with E-state index in [0.717, 1.165) is 0 Å². The van der Waals surface area contributed by atoms with Gasteiger partial charge in [0.15, 0.2) is 17.1 Å². The van der Waals surface area contributed by atoms with Gasteiger partial charge in [0.25, 0.3) is 11.8 Å². The largest absolute Gasteiger partial charge is 0.508 e. The second-order valence-corrected chi connectivity index (χ2v) is 11.9. The molecule has 0 saturated heterocycles. The van der Waals surface area contributed by atoms with Gasteiger partial charge in [0.1, 0.15) is 22.8 Å². The van der Waals surface area contributed by atoms with Crippen LogP contribution < -0.4 is 11.1 Å². The van der Waals surface area contributed by atoms with E-state index in [1.54, 1.807) is 12.1 Å². The van der Waals surface area contributed by atoms with Crippen molar-refractivity contribution in [1.82, 2.24) is 10.5 Å². The van der Waals surface area contributed by atoms with Crippen LogP contribution in [-0.2, 0) is 20.8 Å². The first-order chi connectivity index (χ1) is 19.7. The number of hydrogen-bond acceptors (Lipinski definition) is 10. The molecule has 4 unspecified atom stereocenters. The van der Waals surface area contributed by atoms with Crippen LogP contribution in [0, 0.1) is 11.8 Å². The lowest BCUT2D eigenvalue weighted by molar-refractivity contribution is -0.153. The maximum atomic E-state index is 14.0. The number of nitrogens with one attached hydrogen (secondary N) is 1. The topological polar surface area (TPSA) is 196 Å². The molecule has 42 heavy (non-hydrogen) atoms. The van der Waals surface area contributed by atoms with Crippen molar-refractivity contribution in [1.29, 1.82) is 0 Å². The predicted octanol–water partition coefficient (Wildman–Crippen LogP) is 2.57. The Morgan fingerprint density at radius 2 is 1.88 bits per heavy atom. The predicted molar refractivity (Wildman–Crippen MR) is 141 cm³/mol. The number of amides is 1. The Kier molecular flexibility index (Phi) is 6.14. The van der Waals surface area contributed by atoms with E-state index in [4.69, 9.17) is 10.3 Å². The molecule has 0 aliphatic heterocycles. The average molecular weight is 586 g/mol. The Morgan fingerprint density at radius 3 is 2.48 bits per heavy atom. The van der Waals surface area contributed by atoms with Gasteiger partial charge in [-0.2, -0.15) is 0 Å². The van der Waals surface area contributed by atoms with Gasteiger partial charge in [-0.1, -0.05) is 19.0 Å². The molecule has 4 atom stereocenters. The molecule has 13 heteroatoms. The van der Waals surface area contributed by atoms with Gasteiger partial charge in [0.2, 0.25) is 5.78 Å². The van der Waals surface area contributed by atoms with Crippen LogP contribution in [0.3, 0.4) is 0 Å². The molecule has 2 fully saturated rings. The number of carbonyl (C=O) groups is 3. The molecule has 222 valence electrons. The molecule has 1 amide bonds. The third kappa shape index (κ3) is 3.90. The summed E-state index contributed by atoms with van der Waals surface area (Å²) in [5, 5.41) is 51.7. The minimum atomic E-state index is -2.96. The van der Waals surface area contributed by atoms with Gasteiger partial charge >= 0.3 is 0 Å². The van der Waals surface area contributed by atoms with Crippen molar-refractivity contribution in [3.05, 3.63) is 51.9 Å². The van der Waals surface area contributed by atoms with Crippen LogP contribution in [0.2, 0.25) is 0 Å². The van der Waals surface area contributed by atoms with Crippen molar-refractivity contribution >= 4 is 23.2 Å². The highest BCUT2D eigenvalue weighted by molar-refractivity contribution is 6.24. The fraction of sp³-hybridized carbons (Fsp3) is 0.448. The zero-order chi connectivity index (χ0) is 30.5. The Bertz CT molecular complexity index is 1620. The van der Waals surface area contributed by atoms with E-state index in [-0.39, 0.29) is 35.6 Å². The molecule has 1 aromatic heterocycles. The molecule has 6 rings (SSSR count). The normalized spacial score (nSPS) is 28.9. The average Bonchev–Trinajstić information content (AvgIpc) is 3.38. The first-order valence-corrected chi connectivity index (χ1v) is 13.6. The molecule has 1 heterocycles. The summed E-state index contributed by atoms with van der Waals surface area (Å²) in [5.41, 5.74) is 2.65. The van der Waals surface area contributed by atoms with E-state index in [0.29, 0.717) is 22.6 Å². The third-order valence-corrected chi connectivity index (χ3v) is 8.97. The number of alkyl halides is 2. The van der Waals surface area contributed by atoms with E-state index in [1.165, 1.54) is 6.07 Å². The number of aromatic hydroxyl groups is 1. The van der Waals surface area contributed by atoms with Crippen molar-refractivity contribution < 1.29 is 48.1 Å². The molecule has 0 radical (unpaired) electrons. The number of fused-ring (bicyclic) bond motifs is 3. The van der Waals surface area contributed by atoms with Gasteiger partial charge in [-0.05, 0) is 42.4 Å². The lowest BCUT2D eigenvalue weighted by Crippen LogP contribution is -2.68. The Morgan fingerprint density at radius 1 is 1.19 bits per heavy atom. The number of phenolic OH excluding ortho intramolecular Hbond substituents is 1. The second-order valence-electron chi connectivity index (χ2n) is 11.9. The monoisotopic (exact) mass is 585 g/mol. The molecule has 2 saturated carbocycles. The molecular formula is C29H29F2N3O8. The summed E-state index contributed by atoms with van der Waals surface area (Å²) in [6, 6.07) is 2.25. The number of phenols is 1. The summed E-state index contributed by atoms with van der Waals surface area (Å²) in [5.74, 6) is -10.6. The number of primary amides is 1. The van der Waals surface area contributed by atoms with E-state index < -0.39 is 82.8 Å². The summed E-state index contributed by atoms with van der Waals surface area (Å²) in [6.45, 7) is 3.86. The first-order valence-electron chi connectivity index (χ1n) is 13.6. The minimum Gasteiger partial charge on any atom is -0.508 e. The highest BCUT2D eigenvalue weighted by Crippen LogP contribution is 2.53. The lowest BCUT2D eigenvalue weighted by atomic mass is 9.57. The number of halogens is 2. The number of rotatable bonds is 5. The van der Waals surface area contributed by atoms with Crippen molar-refractivity contribution in [2.45, 2.75) is 69.1 Å². The zero-order valence-corrected chi connectivity index (χ0v) is 22.6. The van der Waals surface area contributed by atoms with Crippen molar-refractivity contribution in [3.63, 3.8) is 0 Å². The maximum absolute atomic E-state index is 14.0. The highest BCUT2D eigenvalue weighted by Gasteiger charge is 2.64. The Hall–Kier alpha value is -4.10. The smallest absolute Gasteiger partial charge is 0.255 e. The molecule has 1 aromatic carbocycles. The number of aromatic nitrogens is 1. The van der Waals surface area contributed by atoms with Crippen LogP contribution in [0.4, 0.5) is 8.78 Å². The van der Waals surface area contributed by atoms with Crippen LogP contribution in [0.15, 0.2) is 39.6 Å². The third-order valence-electron chi connectivity index (χ3n) is 8.97. The molecule has 0 spiro atoms. The first kappa shape index (κ1) is 28.0. The van der Waals surface area contributed by atoms with Gasteiger partial charge in [0.05, 0.1) is 17.3 Å². The summed E-state index contributed by atoms with van der Waals surface area (Å²) in [4.78, 5) is 39.6. The molecule has 7 N–H and O–H groups in total. The maximum Gasteiger partial charge on any atom is 0.255 e. The lowest BCUT2D eigenvalue weighted by Gasteiger charge is -2.50. The quantitative estimate of drug-likeness (QED) is 0.284. The SMILES string of the molecule is CC(C)c1cc(-c2ccc(O)c3c2CC2CC4C(NC5CC(F)(F)C5)C(=O)C(C(N)=O)=C(O)C4(O)C(=O)C2=C3O)on1. The zero-order valence-electron chi connectivity index (χ0n) is 22.6. The van der Waals surface area contributed by atoms with E-state index in [1.807, 2.05) is 13.8 Å². The van der Waals surface area contributed by atoms with Gasteiger partial charge in [-0.15, -0.1) is 0 Å². The van der Waals surface area contributed by atoms with Gasteiger partial charge in [-0.3, -0.25) is 14.4 Å². The van der Waals surface area contributed by atoms with Crippen LogP contribution in [0.1, 0.15) is 55.8 Å². The molecule has 4 aliphatic carbocycles. The second kappa shape index (κ2) is 9.20. The fourth-order valence-corrected chi connectivity index (χ4v) is 6.82. The van der Waals surface area contributed by atoms with Gasteiger partial charge < -0.3 is 36.0 Å². The van der Waals surface area contributed by atoms with Crippen LogP contribution in [-0.4, -0.2) is 66.7 Å². The van der Waals surface area contributed by atoms with E-state index in [9.17, 15) is 43.6 Å². The molecule has 0 bridgehead atoms. The number of carbonyl (C=O) groups excluding carboxylic acids is 3. The fourth-order valence-electron chi connectivity index (χ4n) is 6.82. The number of Topliss-reactive ketones (excluding diaryl/α,β-unsaturated/α-hetero) is 2. The summed E-state index contributed by atoms with van der Waals surface area (Å²) in [6.07, 6.45) is -1.33. The van der Waals surface area contributed by atoms with Crippen LogP contribution in [0.25, 0.3) is 17.1 Å². The number of benzene rings is 1. The molecule has 2 aromatic rings. The summed E-state index contributed by atoms with van der Waals surface area (Å²) < 4.78 is 32.8. The minimum absolute atomic E-state index is 0.0457. The molecule has 11 nitrogen and oxygen atoms in total. The van der Waals surface area contributed by atoms with Crippen LogP contribution in [0.5, 0.6) is 5.75 Å². The van der Waals surface area contributed by atoms with E-state index >= 15 is 0 Å². The van der Waals surface area contributed by atoms with Crippen molar-refractivity contribution in [3.8, 4) is 17.1 Å². The molecular weight excluding hydrogens is 556 g/mol. The van der Waals surface area contributed by atoms with Gasteiger partial charge in [0, 0.05) is 42.0 Å². The highest BCUT2D eigenvalue weighted by atomic mass is 19.3. The number of ketones is 2. The number of nitrogens with two attached hydrogens (primary N) is 1. The van der Waals surface area contributed by atoms with Crippen molar-refractivity contribution in [2.24, 2.45) is 17.6 Å².